The third-order valence-corrected chi connectivity index (χ3v) is 4.66. The van der Waals surface area contributed by atoms with Crippen molar-refractivity contribution in [3.8, 4) is 0 Å². The highest BCUT2D eigenvalue weighted by molar-refractivity contribution is 6.02. The van der Waals surface area contributed by atoms with Crippen molar-refractivity contribution >= 4 is 23.2 Å². The lowest BCUT2D eigenvalue weighted by atomic mass is 9.98. The Morgan fingerprint density at radius 2 is 1.88 bits per heavy atom. The van der Waals surface area contributed by atoms with Gasteiger partial charge in [0.25, 0.3) is 5.91 Å². The van der Waals surface area contributed by atoms with Crippen LogP contribution < -0.4 is 10.2 Å². The number of amides is 2. The number of carbonyl (C=O) groups excluding carboxylic acids is 2. The third-order valence-electron chi connectivity index (χ3n) is 4.66. The van der Waals surface area contributed by atoms with E-state index >= 15 is 0 Å². The van der Waals surface area contributed by atoms with Crippen molar-refractivity contribution in [2.24, 2.45) is 11.8 Å². The zero-order valence-corrected chi connectivity index (χ0v) is 16.1. The first-order chi connectivity index (χ1) is 11.8. The molecule has 1 saturated heterocycles. The van der Waals surface area contributed by atoms with Gasteiger partial charge >= 0.3 is 0 Å². The topological polar surface area (TPSA) is 52.7 Å². The van der Waals surface area contributed by atoms with E-state index in [0.29, 0.717) is 29.5 Å². The van der Waals surface area contributed by atoms with Gasteiger partial charge in [-0.25, -0.2) is 0 Å². The molecule has 2 amide bonds. The maximum absolute atomic E-state index is 13.0. The average molecular weight is 345 g/mol. The highest BCUT2D eigenvalue weighted by atomic mass is 16.2. The van der Waals surface area contributed by atoms with Crippen LogP contribution in [0.2, 0.25) is 0 Å². The Labute approximate surface area is 151 Å². The van der Waals surface area contributed by atoms with Crippen LogP contribution in [0.1, 0.15) is 50.4 Å². The lowest BCUT2D eigenvalue weighted by molar-refractivity contribution is -0.116. The van der Waals surface area contributed by atoms with E-state index in [1.165, 1.54) is 0 Å². The predicted octanol–water partition coefficient (Wildman–Crippen LogP) is 3.61. The fraction of sp³-hybridized carbons (Fsp3) is 0.600. The van der Waals surface area contributed by atoms with E-state index in [4.69, 9.17) is 0 Å². The van der Waals surface area contributed by atoms with E-state index in [1.54, 1.807) is 0 Å². The van der Waals surface area contributed by atoms with Gasteiger partial charge in [-0.3, -0.25) is 9.59 Å². The molecule has 5 nitrogen and oxygen atoms in total. The maximum Gasteiger partial charge on any atom is 0.256 e. The molecular formula is C20H31N3O2. The fourth-order valence-electron chi connectivity index (χ4n) is 3.14. The molecule has 25 heavy (non-hydrogen) atoms. The van der Waals surface area contributed by atoms with E-state index in [-0.39, 0.29) is 11.8 Å². The molecule has 1 aromatic rings. The summed E-state index contributed by atoms with van der Waals surface area (Å²) in [7, 11) is 3.86. The standard InChI is InChI=1S/C20H31N3O2/c1-14(2)12-19(24)21-16-6-7-18(22(4)5)17(13-16)20(25)23-10-8-15(3)9-11-23/h6-7,13-15H,8-12H2,1-5H3,(H,21,24). The molecule has 1 heterocycles. The molecule has 0 bridgehead atoms. The summed E-state index contributed by atoms with van der Waals surface area (Å²) in [5.74, 6) is 1.02. The van der Waals surface area contributed by atoms with E-state index in [1.807, 2.05) is 55.9 Å². The summed E-state index contributed by atoms with van der Waals surface area (Å²) in [6.07, 6.45) is 2.57. The molecule has 1 aliphatic heterocycles. The highest BCUT2D eigenvalue weighted by Crippen LogP contribution is 2.26. The normalized spacial score (nSPS) is 15.4. The van der Waals surface area contributed by atoms with Crippen molar-refractivity contribution in [2.45, 2.75) is 40.0 Å². The van der Waals surface area contributed by atoms with Crippen LogP contribution in [-0.4, -0.2) is 43.9 Å². The van der Waals surface area contributed by atoms with Gasteiger partial charge in [-0.1, -0.05) is 20.8 Å². The summed E-state index contributed by atoms with van der Waals surface area (Å²) in [6, 6.07) is 5.58. The number of rotatable bonds is 5. The first-order valence-corrected chi connectivity index (χ1v) is 9.18. The summed E-state index contributed by atoms with van der Waals surface area (Å²) in [4.78, 5) is 29.0. The fourth-order valence-corrected chi connectivity index (χ4v) is 3.14. The van der Waals surface area contributed by atoms with Crippen LogP contribution in [0.25, 0.3) is 0 Å². The molecule has 1 N–H and O–H groups in total. The Hall–Kier alpha value is -2.04. The zero-order chi connectivity index (χ0) is 18.6. The smallest absolute Gasteiger partial charge is 0.256 e. The number of nitrogens with one attached hydrogen (secondary N) is 1. The summed E-state index contributed by atoms with van der Waals surface area (Å²) in [5, 5.41) is 2.92. The molecular weight excluding hydrogens is 314 g/mol. The maximum atomic E-state index is 13.0. The molecule has 1 fully saturated rings. The molecule has 0 atom stereocenters. The summed E-state index contributed by atoms with van der Waals surface area (Å²) in [5.41, 5.74) is 2.22. The number of hydrogen-bond acceptors (Lipinski definition) is 3. The van der Waals surface area contributed by atoms with Crippen molar-refractivity contribution in [1.82, 2.24) is 4.90 Å². The Morgan fingerprint density at radius 1 is 1.24 bits per heavy atom. The van der Waals surface area contributed by atoms with Gasteiger partial charge in [0.1, 0.15) is 0 Å². The zero-order valence-electron chi connectivity index (χ0n) is 16.1. The van der Waals surface area contributed by atoms with Gasteiger partial charge in [0.05, 0.1) is 5.56 Å². The third kappa shape index (κ3) is 5.21. The SMILES string of the molecule is CC(C)CC(=O)Nc1ccc(N(C)C)c(C(=O)N2CCC(C)CC2)c1. The van der Waals surface area contributed by atoms with E-state index in [2.05, 4.69) is 12.2 Å². The predicted molar refractivity (Wildman–Crippen MR) is 103 cm³/mol. The number of nitrogens with zero attached hydrogens (tertiary/aromatic N) is 2. The minimum atomic E-state index is -0.0159. The Balaban J connectivity index is 2.22. The molecule has 0 aromatic heterocycles. The van der Waals surface area contributed by atoms with Gasteiger partial charge in [-0.05, 0) is 42.9 Å². The van der Waals surface area contributed by atoms with Crippen LogP contribution >= 0.6 is 0 Å². The van der Waals surface area contributed by atoms with Crippen LogP contribution in [-0.2, 0) is 4.79 Å². The second-order valence-electron chi connectivity index (χ2n) is 7.75. The monoisotopic (exact) mass is 345 g/mol. The Bertz CT molecular complexity index is 617. The molecule has 138 valence electrons. The first kappa shape index (κ1) is 19.3. The molecule has 5 heteroatoms. The lowest BCUT2D eigenvalue weighted by Crippen LogP contribution is -2.38. The molecule has 2 rings (SSSR count). The van der Waals surface area contributed by atoms with E-state index < -0.39 is 0 Å². The minimum absolute atomic E-state index is 0.0159. The number of likely N-dealkylation sites (tertiary alicyclic amines) is 1. The number of carbonyl (C=O) groups is 2. The van der Waals surface area contributed by atoms with Gasteiger partial charge in [-0.2, -0.15) is 0 Å². The summed E-state index contributed by atoms with van der Waals surface area (Å²) >= 11 is 0. The van der Waals surface area contributed by atoms with Crippen molar-refractivity contribution < 1.29 is 9.59 Å². The van der Waals surface area contributed by atoms with Crippen molar-refractivity contribution in [3.63, 3.8) is 0 Å². The number of anilines is 2. The first-order valence-electron chi connectivity index (χ1n) is 9.18. The summed E-state index contributed by atoms with van der Waals surface area (Å²) < 4.78 is 0. The van der Waals surface area contributed by atoms with Gasteiger partial charge < -0.3 is 15.1 Å². The van der Waals surface area contributed by atoms with Gasteiger partial charge in [0, 0.05) is 45.0 Å². The molecule has 0 saturated carbocycles. The van der Waals surface area contributed by atoms with E-state index in [9.17, 15) is 9.59 Å². The molecule has 1 aromatic carbocycles. The Morgan fingerprint density at radius 3 is 2.44 bits per heavy atom. The van der Waals surface area contributed by atoms with Gasteiger partial charge in [0.2, 0.25) is 5.91 Å². The largest absolute Gasteiger partial charge is 0.377 e. The molecule has 0 aliphatic carbocycles. The van der Waals surface area contributed by atoms with Crippen LogP contribution in [0.3, 0.4) is 0 Å². The lowest BCUT2D eigenvalue weighted by Gasteiger charge is -2.31. The number of benzene rings is 1. The second-order valence-corrected chi connectivity index (χ2v) is 7.75. The molecule has 0 radical (unpaired) electrons. The average Bonchev–Trinajstić information content (AvgIpc) is 2.53. The molecule has 1 aliphatic rings. The Kier molecular flexibility index (Phi) is 6.45. The number of piperidine rings is 1. The highest BCUT2D eigenvalue weighted by Gasteiger charge is 2.24. The van der Waals surface area contributed by atoms with Gasteiger partial charge in [0.15, 0.2) is 0 Å². The van der Waals surface area contributed by atoms with Crippen LogP contribution in [0.5, 0.6) is 0 Å². The van der Waals surface area contributed by atoms with Crippen LogP contribution in [0, 0.1) is 11.8 Å². The summed E-state index contributed by atoms with van der Waals surface area (Å²) in [6.45, 7) is 7.87. The van der Waals surface area contributed by atoms with Crippen molar-refractivity contribution in [1.29, 1.82) is 0 Å². The quantitative estimate of drug-likeness (QED) is 0.887. The minimum Gasteiger partial charge on any atom is -0.377 e. The molecule has 0 spiro atoms. The van der Waals surface area contributed by atoms with Crippen LogP contribution in [0.4, 0.5) is 11.4 Å². The van der Waals surface area contributed by atoms with Crippen molar-refractivity contribution in [3.05, 3.63) is 23.8 Å². The van der Waals surface area contributed by atoms with Crippen LogP contribution in [0.15, 0.2) is 18.2 Å². The van der Waals surface area contributed by atoms with Crippen molar-refractivity contribution in [2.75, 3.05) is 37.4 Å². The molecule has 0 unspecified atom stereocenters. The van der Waals surface area contributed by atoms with Gasteiger partial charge in [-0.15, -0.1) is 0 Å². The number of hydrogen-bond donors (Lipinski definition) is 1. The second kappa shape index (κ2) is 8.37. The van der Waals surface area contributed by atoms with E-state index in [0.717, 1.165) is 31.6 Å².